The normalized spacial score (nSPS) is 16.6. The molecule has 0 saturated heterocycles. The van der Waals surface area contributed by atoms with Crippen LogP contribution in [0.2, 0.25) is 5.02 Å². The van der Waals surface area contributed by atoms with Crippen LogP contribution in [-0.2, 0) is 6.50 Å². The Balaban J connectivity index is 1.91. The Morgan fingerprint density at radius 1 is 1.54 bits per heavy atom. The highest BCUT2D eigenvalue weighted by atomic mass is 35.5. The maximum atomic E-state index is 12.6. The van der Waals surface area contributed by atoms with Gasteiger partial charge in [-0.15, -0.1) is 0 Å². The number of rotatable bonds is 6. The van der Waals surface area contributed by atoms with E-state index in [-0.39, 0.29) is 27.7 Å². The number of nitrogens with zero attached hydrogens (tertiary/aromatic N) is 4. The molecule has 2 atom stereocenters. The Morgan fingerprint density at radius 2 is 2.36 bits per heavy atom. The van der Waals surface area contributed by atoms with Gasteiger partial charge in [0.2, 0.25) is 0 Å². The lowest BCUT2D eigenvalue weighted by molar-refractivity contribution is 0.0931. The number of carbonyl (C=O) groups excluding carboxylic acids is 1. The first kappa shape index (κ1) is 13.9. The molecule has 1 unspecified atom stereocenters. The number of nitrogens with one attached hydrogen (secondary N) is 2. The van der Waals surface area contributed by atoms with Crippen LogP contribution in [0.3, 0.4) is 0 Å². The molecule has 3 N–H and O–H groups in total. The van der Waals surface area contributed by atoms with Crippen LogP contribution >= 0.6 is 11.6 Å². The van der Waals surface area contributed by atoms with Gasteiger partial charge in [0, 0.05) is 21.9 Å². The molecule has 2 aromatic heterocycles. The highest BCUT2D eigenvalue weighted by Gasteiger charge is 2.16. The van der Waals surface area contributed by atoms with Crippen molar-refractivity contribution < 1.29 is 16.8 Å². The first-order valence-electron chi connectivity index (χ1n) is 10.6. The number of halogens is 1. The molecule has 0 spiro atoms. The van der Waals surface area contributed by atoms with E-state index >= 15 is 0 Å². The molecule has 0 aliphatic heterocycles. The SMILES string of the molecule is [2H]C([2H])([2H])[C@H](NC(=O)c1cc(C(C)O)[nH]n1)C([2H])([2H])n1ccc(-c2ccc(C#N)c(Cl)c2)n1. The molecule has 144 valence electrons. The molecular formula is C19H19ClN6O2. The van der Waals surface area contributed by atoms with Crippen molar-refractivity contribution >= 4 is 17.5 Å². The van der Waals surface area contributed by atoms with Gasteiger partial charge in [-0.05, 0) is 38.0 Å². The fourth-order valence-electron chi connectivity index (χ4n) is 2.35. The fraction of sp³-hybridized carbons (Fsp3) is 0.263. The average molecular weight is 404 g/mol. The van der Waals surface area contributed by atoms with Gasteiger partial charge in [0.25, 0.3) is 5.91 Å². The summed E-state index contributed by atoms with van der Waals surface area (Å²) < 4.78 is 41.1. The minimum atomic E-state index is -2.94. The van der Waals surface area contributed by atoms with Crippen LogP contribution < -0.4 is 5.32 Å². The van der Waals surface area contributed by atoms with E-state index in [9.17, 15) is 9.90 Å². The average Bonchev–Trinajstić information content (AvgIpc) is 3.41. The van der Waals surface area contributed by atoms with Crippen molar-refractivity contribution in [1.29, 1.82) is 5.26 Å². The van der Waals surface area contributed by atoms with Crippen LogP contribution in [0.25, 0.3) is 11.3 Å². The monoisotopic (exact) mass is 403 g/mol. The lowest BCUT2D eigenvalue weighted by Gasteiger charge is -2.13. The number of carbonyl (C=O) groups is 1. The van der Waals surface area contributed by atoms with Crippen LogP contribution in [-0.4, -0.2) is 37.0 Å². The third-order valence-electron chi connectivity index (χ3n) is 3.79. The topological polar surface area (TPSA) is 120 Å². The van der Waals surface area contributed by atoms with E-state index in [4.69, 9.17) is 23.7 Å². The van der Waals surface area contributed by atoms with E-state index in [1.54, 1.807) is 6.07 Å². The van der Waals surface area contributed by atoms with E-state index in [2.05, 4.69) is 20.6 Å². The number of aromatic nitrogens is 4. The van der Waals surface area contributed by atoms with Crippen LogP contribution in [0.4, 0.5) is 0 Å². The number of aliphatic hydroxyl groups is 1. The third-order valence-corrected chi connectivity index (χ3v) is 4.10. The van der Waals surface area contributed by atoms with Gasteiger partial charge >= 0.3 is 0 Å². The Morgan fingerprint density at radius 3 is 3.00 bits per heavy atom. The molecule has 1 aromatic carbocycles. The van der Waals surface area contributed by atoms with Gasteiger partial charge in [-0.2, -0.15) is 15.5 Å². The Labute approximate surface area is 173 Å². The van der Waals surface area contributed by atoms with E-state index in [0.717, 1.165) is 4.68 Å². The van der Waals surface area contributed by atoms with Gasteiger partial charge in [0.1, 0.15) is 11.8 Å². The second-order valence-electron chi connectivity index (χ2n) is 5.87. The minimum Gasteiger partial charge on any atom is -0.387 e. The molecule has 3 aromatic rings. The van der Waals surface area contributed by atoms with Gasteiger partial charge < -0.3 is 10.4 Å². The molecule has 0 aliphatic rings. The van der Waals surface area contributed by atoms with Gasteiger partial charge in [-0.3, -0.25) is 14.6 Å². The molecule has 3 rings (SSSR count). The second-order valence-corrected chi connectivity index (χ2v) is 6.28. The highest BCUT2D eigenvalue weighted by Crippen LogP contribution is 2.24. The molecule has 0 aliphatic carbocycles. The summed E-state index contributed by atoms with van der Waals surface area (Å²) >= 11 is 6.05. The number of H-pyrrole nitrogens is 1. The lowest BCUT2D eigenvalue weighted by Crippen LogP contribution is -2.36. The zero-order chi connectivity index (χ0) is 24.6. The zero-order valence-corrected chi connectivity index (χ0v) is 15.4. The summed E-state index contributed by atoms with van der Waals surface area (Å²) in [5.74, 6) is -0.936. The summed E-state index contributed by atoms with van der Waals surface area (Å²) in [5, 5.41) is 31.3. The quantitative estimate of drug-likeness (QED) is 0.584. The van der Waals surface area contributed by atoms with E-state index in [1.165, 1.54) is 37.4 Å². The minimum absolute atomic E-state index is 0.191. The predicted molar refractivity (Wildman–Crippen MR) is 104 cm³/mol. The molecule has 0 bridgehead atoms. The van der Waals surface area contributed by atoms with Crippen LogP contribution in [0.1, 0.15) is 48.5 Å². The number of aromatic amines is 1. The van der Waals surface area contributed by atoms with Gasteiger partial charge in [-0.1, -0.05) is 17.7 Å². The van der Waals surface area contributed by atoms with Crippen molar-refractivity contribution in [2.75, 3.05) is 0 Å². The van der Waals surface area contributed by atoms with E-state index in [0.29, 0.717) is 5.56 Å². The number of hydrogen-bond acceptors (Lipinski definition) is 5. The summed E-state index contributed by atoms with van der Waals surface area (Å²) in [6.45, 7) is -4.15. The summed E-state index contributed by atoms with van der Waals surface area (Å²) in [6.07, 6.45) is 0.314. The summed E-state index contributed by atoms with van der Waals surface area (Å²) in [5.41, 5.74) is 1.08. The van der Waals surface area contributed by atoms with Gasteiger partial charge in [0.15, 0.2) is 0 Å². The highest BCUT2D eigenvalue weighted by molar-refractivity contribution is 6.32. The Hall–Kier alpha value is -3.15. The number of nitriles is 1. The van der Waals surface area contributed by atoms with Crippen LogP contribution in [0, 0.1) is 11.3 Å². The maximum Gasteiger partial charge on any atom is 0.272 e. The first-order chi connectivity index (χ1) is 15.3. The molecule has 9 heteroatoms. The standard InChI is InChI=1S/C19H19ClN6O2/c1-11(22-19(28)18-8-17(12(2)27)23-24-18)10-26-6-5-16(25-26)13-3-4-14(9-21)15(20)7-13/h3-8,11-12,27H,10H2,1-2H3,(H,22,28)(H,23,24)/t11-,12?/m0/s1/i1D3,10D2. The smallest absolute Gasteiger partial charge is 0.272 e. The maximum absolute atomic E-state index is 12.6. The molecule has 2 heterocycles. The zero-order valence-electron chi connectivity index (χ0n) is 19.6. The number of amides is 1. The molecular weight excluding hydrogens is 380 g/mol. The largest absolute Gasteiger partial charge is 0.387 e. The predicted octanol–water partition coefficient (Wildman–Crippen LogP) is 2.67. The molecule has 0 radical (unpaired) electrons. The lowest BCUT2D eigenvalue weighted by atomic mass is 10.1. The molecule has 28 heavy (non-hydrogen) atoms. The van der Waals surface area contributed by atoms with E-state index in [1.807, 2.05) is 6.07 Å². The first-order valence-corrected chi connectivity index (χ1v) is 8.52. The molecule has 8 nitrogen and oxygen atoms in total. The van der Waals surface area contributed by atoms with Crippen LogP contribution in [0.5, 0.6) is 0 Å². The molecule has 1 amide bonds. The Bertz CT molecular complexity index is 1210. The van der Waals surface area contributed by atoms with Crippen molar-refractivity contribution in [2.24, 2.45) is 0 Å². The van der Waals surface area contributed by atoms with Gasteiger partial charge in [-0.25, -0.2) is 0 Å². The van der Waals surface area contributed by atoms with Crippen molar-refractivity contribution in [1.82, 2.24) is 25.3 Å². The summed E-state index contributed by atoms with van der Waals surface area (Å²) in [7, 11) is 0. The van der Waals surface area contributed by atoms with Crippen molar-refractivity contribution in [3.8, 4) is 17.3 Å². The van der Waals surface area contributed by atoms with Crippen LogP contribution in [0.15, 0.2) is 36.5 Å². The summed E-state index contributed by atoms with van der Waals surface area (Å²) in [4.78, 5) is 12.6. The second kappa shape index (κ2) is 8.25. The van der Waals surface area contributed by atoms with Crippen molar-refractivity contribution in [3.05, 3.63) is 58.5 Å². The third kappa shape index (κ3) is 4.39. The fourth-order valence-corrected chi connectivity index (χ4v) is 2.57. The molecule has 0 fully saturated rings. The number of aliphatic hydroxyl groups excluding tert-OH is 1. The number of hydrogen-bond donors (Lipinski definition) is 3. The number of benzene rings is 1. The van der Waals surface area contributed by atoms with E-state index < -0.39 is 31.4 Å². The van der Waals surface area contributed by atoms with Gasteiger partial charge in [0.05, 0.1) is 37.3 Å². The van der Waals surface area contributed by atoms with Crippen molar-refractivity contribution in [3.63, 3.8) is 0 Å². The van der Waals surface area contributed by atoms with Crippen molar-refractivity contribution in [2.45, 2.75) is 32.4 Å². The molecule has 0 saturated carbocycles. The summed E-state index contributed by atoms with van der Waals surface area (Å²) in [6, 6.07) is 7.20. The Kier molecular flexibility index (Phi) is 4.11.